The molecule has 0 amide bonds. The zero-order valence-electron chi connectivity index (χ0n) is 15.9. The summed E-state index contributed by atoms with van der Waals surface area (Å²) in [6, 6.07) is 11.8. The first kappa shape index (κ1) is 17.7. The van der Waals surface area contributed by atoms with E-state index in [0.717, 1.165) is 17.0 Å². The Morgan fingerprint density at radius 3 is 2.57 bits per heavy atom. The van der Waals surface area contributed by atoms with Crippen molar-refractivity contribution >= 4 is 17.2 Å². The predicted molar refractivity (Wildman–Crippen MR) is 108 cm³/mol. The van der Waals surface area contributed by atoms with E-state index in [9.17, 15) is 9.59 Å². The maximum atomic E-state index is 12.6. The number of allylic oxidation sites excluding steroid dienone is 1. The van der Waals surface area contributed by atoms with E-state index in [1.54, 1.807) is 16.3 Å². The number of nitrogens with zero attached hydrogens (tertiary/aromatic N) is 5. The Kier molecular flexibility index (Phi) is 4.31. The van der Waals surface area contributed by atoms with Crippen molar-refractivity contribution in [2.45, 2.75) is 20.4 Å². The Bertz CT molecular complexity index is 1300. The van der Waals surface area contributed by atoms with Crippen molar-refractivity contribution in [3.05, 3.63) is 80.3 Å². The van der Waals surface area contributed by atoms with Crippen LogP contribution in [-0.4, -0.2) is 28.9 Å². The van der Waals surface area contributed by atoms with Gasteiger partial charge in [-0.2, -0.15) is 10.1 Å². The molecular formula is C20H20N6O2. The third-order valence-corrected chi connectivity index (χ3v) is 4.58. The van der Waals surface area contributed by atoms with Gasteiger partial charge in [0.2, 0.25) is 5.95 Å². The van der Waals surface area contributed by atoms with Crippen molar-refractivity contribution in [2.75, 3.05) is 0 Å². The van der Waals surface area contributed by atoms with Gasteiger partial charge in [0.05, 0.1) is 5.69 Å². The Balaban J connectivity index is 1.91. The number of aromatic amines is 1. The highest BCUT2D eigenvalue weighted by Crippen LogP contribution is 2.17. The summed E-state index contributed by atoms with van der Waals surface area (Å²) in [5.74, 6) is 0.491. The molecule has 0 saturated carbocycles. The minimum Gasteiger partial charge on any atom is -0.299 e. The monoisotopic (exact) mass is 376 g/mol. The lowest BCUT2D eigenvalue weighted by Gasteiger charge is -2.07. The molecule has 28 heavy (non-hydrogen) atoms. The quantitative estimate of drug-likeness (QED) is 0.589. The van der Waals surface area contributed by atoms with Crippen LogP contribution in [0.25, 0.3) is 23.2 Å². The average molecular weight is 376 g/mol. The van der Waals surface area contributed by atoms with E-state index >= 15 is 0 Å². The molecule has 1 aromatic carbocycles. The van der Waals surface area contributed by atoms with Crippen LogP contribution in [0.15, 0.2) is 52.1 Å². The minimum absolute atomic E-state index is 0.324. The lowest BCUT2D eigenvalue weighted by atomic mass is 10.2. The number of aromatic nitrogens is 6. The largest absolute Gasteiger partial charge is 0.329 e. The molecule has 8 heteroatoms. The highest BCUT2D eigenvalue weighted by atomic mass is 16.2. The second-order valence-corrected chi connectivity index (χ2v) is 6.66. The van der Waals surface area contributed by atoms with Crippen molar-refractivity contribution in [1.29, 1.82) is 0 Å². The molecule has 1 N–H and O–H groups in total. The second-order valence-electron chi connectivity index (χ2n) is 6.66. The maximum absolute atomic E-state index is 12.6. The van der Waals surface area contributed by atoms with Crippen molar-refractivity contribution < 1.29 is 0 Å². The van der Waals surface area contributed by atoms with Gasteiger partial charge in [0.25, 0.3) is 5.56 Å². The zero-order chi connectivity index (χ0) is 19.8. The molecule has 142 valence electrons. The molecule has 0 radical (unpaired) electrons. The van der Waals surface area contributed by atoms with Gasteiger partial charge in [-0.15, -0.1) is 0 Å². The number of fused-ring (bicyclic) bond motifs is 1. The highest BCUT2D eigenvalue weighted by molar-refractivity contribution is 5.72. The first-order chi connectivity index (χ1) is 13.5. The molecule has 0 aliphatic carbocycles. The first-order valence-corrected chi connectivity index (χ1v) is 8.90. The molecule has 0 bridgehead atoms. The van der Waals surface area contributed by atoms with Crippen LogP contribution >= 0.6 is 0 Å². The van der Waals surface area contributed by atoms with Crippen LogP contribution in [0.3, 0.4) is 0 Å². The Morgan fingerprint density at radius 1 is 1.14 bits per heavy atom. The summed E-state index contributed by atoms with van der Waals surface area (Å²) in [4.78, 5) is 31.5. The number of H-pyrrole nitrogens is 1. The first-order valence-electron chi connectivity index (χ1n) is 8.90. The highest BCUT2D eigenvalue weighted by Gasteiger charge is 2.19. The predicted octanol–water partition coefficient (Wildman–Crippen LogP) is 1.94. The van der Waals surface area contributed by atoms with Crippen molar-refractivity contribution in [1.82, 2.24) is 28.9 Å². The minimum atomic E-state index is -0.498. The normalized spacial score (nSPS) is 11.7. The van der Waals surface area contributed by atoms with Gasteiger partial charge in [-0.05, 0) is 25.5 Å². The van der Waals surface area contributed by atoms with Crippen molar-refractivity contribution in [3.8, 4) is 5.95 Å². The average Bonchev–Trinajstić information content (AvgIpc) is 3.20. The molecule has 0 spiro atoms. The molecule has 8 nitrogen and oxygen atoms in total. The number of benzene rings is 1. The Hall–Kier alpha value is -3.68. The molecule has 0 saturated heterocycles. The number of hydrogen-bond acceptors (Lipinski definition) is 4. The van der Waals surface area contributed by atoms with Gasteiger partial charge in [-0.1, -0.05) is 42.5 Å². The standard InChI is InChI=1S/C20H20N6O2/c1-13-12-14(2)26(23-13)19-21-17-16(18(27)22-20(28)24(17)3)25(19)11-7-10-15-8-5-4-6-9-15/h4-10,12H,11H2,1-3H3,(H,22,27,28)/b10-7+. The van der Waals surface area contributed by atoms with Gasteiger partial charge >= 0.3 is 5.69 Å². The van der Waals surface area contributed by atoms with E-state index in [4.69, 9.17) is 0 Å². The summed E-state index contributed by atoms with van der Waals surface area (Å²) in [5, 5.41) is 4.49. The number of nitrogens with one attached hydrogen (secondary N) is 1. The van der Waals surface area contributed by atoms with E-state index < -0.39 is 11.2 Å². The molecule has 0 atom stereocenters. The molecule has 0 unspecified atom stereocenters. The van der Waals surface area contributed by atoms with Crippen LogP contribution in [0.2, 0.25) is 0 Å². The van der Waals surface area contributed by atoms with Gasteiger partial charge in [0, 0.05) is 19.3 Å². The maximum Gasteiger partial charge on any atom is 0.329 e. The summed E-state index contributed by atoms with van der Waals surface area (Å²) in [5.41, 5.74) is 2.49. The fourth-order valence-corrected chi connectivity index (χ4v) is 3.25. The van der Waals surface area contributed by atoms with Crippen LogP contribution in [0, 0.1) is 13.8 Å². The number of hydrogen-bond donors (Lipinski definition) is 1. The number of aryl methyl sites for hydroxylation is 3. The smallest absolute Gasteiger partial charge is 0.299 e. The van der Waals surface area contributed by atoms with E-state index in [-0.39, 0.29) is 0 Å². The fourth-order valence-electron chi connectivity index (χ4n) is 3.25. The molecular weight excluding hydrogens is 356 g/mol. The summed E-state index contributed by atoms with van der Waals surface area (Å²) < 4.78 is 4.80. The van der Waals surface area contributed by atoms with Gasteiger partial charge in [-0.3, -0.25) is 18.9 Å². The van der Waals surface area contributed by atoms with Crippen LogP contribution in [-0.2, 0) is 13.6 Å². The molecule has 3 heterocycles. The van der Waals surface area contributed by atoms with E-state index in [1.807, 2.05) is 62.4 Å². The molecule has 0 aliphatic rings. The van der Waals surface area contributed by atoms with E-state index in [2.05, 4.69) is 15.1 Å². The molecule has 0 fully saturated rings. The number of rotatable bonds is 4. The molecule has 0 aliphatic heterocycles. The summed E-state index contributed by atoms with van der Waals surface area (Å²) in [6.07, 6.45) is 3.93. The Morgan fingerprint density at radius 2 is 1.89 bits per heavy atom. The lowest BCUT2D eigenvalue weighted by molar-refractivity contribution is 0.709. The van der Waals surface area contributed by atoms with Gasteiger partial charge in [0.1, 0.15) is 0 Å². The molecule has 3 aromatic heterocycles. The third-order valence-electron chi connectivity index (χ3n) is 4.58. The van der Waals surface area contributed by atoms with Crippen molar-refractivity contribution in [2.24, 2.45) is 7.05 Å². The van der Waals surface area contributed by atoms with E-state index in [1.165, 1.54) is 4.57 Å². The van der Waals surface area contributed by atoms with Gasteiger partial charge in [-0.25, -0.2) is 9.48 Å². The third kappa shape index (κ3) is 2.98. The van der Waals surface area contributed by atoms with E-state index in [0.29, 0.717) is 23.7 Å². The van der Waals surface area contributed by atoms with Crippen LogP contribution in [0.5, 0.6) is 0 Å². The molecule has 4 rings (SSSR count). The zero-order valence-corrected chi connectivity index (χ0v) is 15.9. The van der Waals surface area contributed by atoms with Gasteiger partial charge < -0.3 is 0 Å². The summed E-state index contributed by atoms with van der Waals surface area (Å²) >= 11 is 0. The summed E-state index contributed by atoms with van der Waals surface area (Å²) in [6.45, 7) is 4.22. The second kappa shape index (κ2) is 6.80. The Labute approximate surface area is 160 Å². The number of imidazole rings is 1. The fraction of sp³-hybridized carbons (Fsp3) is 0.200. The summed E-state index contributed by atoms with van der Waals surface area (Å²) in [7, 11) is 1.59. The van der Waals surface area contributed by atoms with Crippen molar-refractivity contribution in [3.63, 3.8) is 0 Å². The molecule has 4 aromatic rings. The van der Waals surface area contributed by atoms with Crippen LogP contribution in [0.4, 0.5) is 0 Å². The van der Waals surface area contributed by atoms with Crippen LogP contribution in [0.1, 0.15) is 17.0 Å². The van der Waals surface area contributed by atoms with Crippen LogP contribution < -0.4 is 11.2 Å². The topological polar surface area (TPSA) is 90.5 Å². The SMILES string of the molecule is Cc1cc(C)n(-c2nc3c(c(=O)[nH]c(=O)n3C)n2C/C=C/c2ccccc2)n1. The lowest BCUT2D eigenvalue weighted by Crippen LogP contribution is -2.29. The van der Waals surface area contributed by atoms with Gasteiger partial charge in [0.15, 0.2) is 11.2 Å².